The Kier molecular flexibility index (Phi) is 5.27. The van der Waals surface area contributed by atoms with Crippen LogP contribution in [0.15, 0.2) is 24.3 Å². The number of carbonyl (C=O) groups excluding carboxylic acids is 1. The van der Waals surface area contributed by atoms with Crippen LogP contribution in [0.2, 0.25) is 0 Å². The summed E-state index contributed by atoms with van der Waals surface area (Å²) in [7, 11) is 0. The van der Waals surface area contributed by atoms with Crippen LogP contribution >= 0.6 is 0 Å². The lowest BCUT2D eigenvalue weighted by Crippen LogP contribution is -2.42. The van der Waals surface area contributed by atoms with Crippen molar-refractivity contribution in [1.82, 2.24) is 5.32 Å². The van der Waals surface area contributed by atoms with E-state index >= 15 is 0 Å². The van der Waals surface area contributed by atoms with Gasteiger partial charge in [-0.15, -0.1) is 0 Å². The van der Waals surface area contributed by atoms with Crippen molar-refractivity contribution in [2.24, 2.45) is 0 Å². The highest BCUT2D eigenvalue weighted by Gasteiger charge is 2.18. The fourth-order valence-corrected chi connectivity index (χ4v) is 2.62. The van der Waals surface area contributed by atoms with Crippen molar-refractivity contribution in [3.05, 3.63) is 24.3 Å². The molecule has 1 aromatic rings. The fourth-order valence-electron chi connectivity index (χ4n) is 2.62. The zero-order chi connectivity index (χ0) is 14.4. The third-order valence-electron chi connectivity index (χ3n) is 3.85. The molecule has 4 nitrogen and oxygen atoms in total. The van der Waals surface area contributed by atoms with Crippen LogP contribution in [-0.2, 0) is 4.79 Å². The highest BCUT2D eigenvalue weighted by atomic mass is 16.2. The zero-order valence-corrected chi connectivity index (χ0v) is 12.5. The van der Waals surface area contributed by atoms with Crippen LogP contribution in [0.1, 0.15) is 33.1 Å². The molecule has 4 heteroatoms. The molecule has 0 spiro atoms. The van der Waals surface area contributed by atoms with Gasteiger partial charge in [0.25, 0.3) is 0 Å². The van der Waals surface area contributed by atoms with Crippen LogP contribution in [0.5, 0.6) is 0 Å². The maximum absolute atomic E-state index is 12.2. The summed E-state index contributed by atoms with van der Waals surface area (Å²) in [5, 5.41) is 6.53. The van der Waals surface area contributed by atoms with Crippen LogP contribution < -0.4 is 15.5 Å². The van der Waals surface area contributed by atoms with Crippen LogP contribution in [0.4, 0.5) is 11.4 Å². The van der Waals surface area contributed by atoms with Gasteiger partial charge in [0.2, 0.25) is 5.91 Å². The summed E-state index contributed by atoms with van der Waals surface area (Å²) >= 11 is 0. The average Bonchev–Trinajstić information content (AvgIpc) is 2.67. The van der Waals surface area contributed by atoms with Gasteiger partial charge in [0.15, 0.2) is 0 Å². The summed E-state index contributed by atoms with van der Waals surface area (Å²) in [4.78, 5) is 14.4. The summed E-state index contributed by atoms with van der Waals surface area (Å²) in [5.41, 5.74) is 2.25. The average molecular weight is 275 g/mol. The topological polar surface area (TPSA) is 44.4 Å². The Morgan fingerprint density at radius 2 is 2.10 bits per heavy atom. The third kappa shape index (κ3) is 3.65. The van der Waals surface area contributed by atoms with Crippen LogP contribution in [0, 0.1) is 0 Å². The van der Waals surface area contributed by atoms with Gasteiger partial charge in [-0.1, -0.05) is 26.0 Å². The Labute approximate surface area is 121 Å². The number of hydrogen-bond acceptors (Lipinski definition) is 3. The minimum absolute atomic E-state index is 0.121. The first kappa shape index (κ1) is 14.7. The number of anilines is 2. The quantitative estimate of drug-likeness (QED) is 0.868. The van der Waals surface area contributed by atoms with Gasteiger partial charge >= 0.3 is 0 Å². The number of fused-ring (bicyclic) bond motifs is 1. The minimum atomic E-state index is 0.121. The van der Waals surface area contributed by atoms with Gasteiger partial charge in [0.05, 0.1) is 17.9 Å². The molecule has 0 radical (unpaired) electrons. The molecule has 0 atom stereocenters. The molecule has 1 heterocycles. The number of carbonyl (C=O) groups is 1. The monoisotopic (exact) mass is 275 g/mol. The van der Waals surface area contributed by atoms with Gasteiger partial charge in [-0.3, -0.25) is 4.79 Å². The Hall–Kier alpha value is -1.71. The summed E-state index contributed by atoms with van der Waals surface area (Å²) < 4.78 is 0. The van der Waals surface area contributed by atoms with E-state index in [4.69, 9.17) is 0 Å². The number of hydrogen-bond donors (Lipinski definition) is 2. The predicted molar refractivity (Wildman–Crippen MR) is 84.3 cm³/mol. The van der Waals surface area contributed by atoms with Crippen molar-refractivity contribution < 1.29 is 4.79 Å². The fraction of sp³-hybridized carbons (Fsp3) is 0.562. The SMILES string of the molecule is CCC(CC)NC(=O)CN1CCCNc2ccccc21. The molecule has 1 aromatic carbocycles. The van der Waals surface area contributed by atoms with Gasteiger partial charge in [-0.25, -0.2) is 0 Å². The highest BCUT2D eigenvalue weighted by Crippen LogP contribution is 2.27. The molecule has 0 aromatic heterocycles. The van der Waals surface area contributed by atoms with Crippen LogP contribution in [0.25, 0.3) is 0 Å². The normalized spacial score (nSPS) is 14.4. The second kappa shape index (κ2) is 7.17. The van der Waals surface area contributed by atoms with Crippen molar-refractivity contribution >= 4 is 17.3 Å². The summed E-state index contributed by atoms with van der Waals surface area (Å²) in [6, 6.07) is 8.50. The molecule has 0 aliphatic carbocycles. The number of nitrogens with zero attached hydrogens (tertiary/aromatic N) is 1. The molecular formula is C16H25N3O. The first-order valence-corrected chi connectivity index (χ1v) is 7.61. The van der Waals surface area contributed by atoms with E-state index in [1.54, 1.807) is 0 Å². The minimum Gasteiger partial charge on any atom is -0.383 e. The molecule has 0 saturated carbocycles. The predicted octanol–water partition coefficient (Wildman–Crippen LogP) is 2.61. The van der Waals surface area contributed by atoms with E-state index in [1.807, 2.05) is 12.1 Å². The number of rotatable bonds is 5. The van der Waals surface area contributed by atoms with Crippen molar-refractivity contribution in [3.63, 3.8) is 0 Å². The molecule has 1 aliphatic rings. The van der Waals surface area contributed by atoms with Crippen molar-refractivity contribution in [2.75, 3.05) is 29.9 Å². The third-order valence-corrected chi connectivity index (χ3v) is 3.85. The van der Waals surface area contributed by atoms with E-state index in [-0.39, 0.29) is 5.91 Å². The first-order valence-electron chi connectivity index (χ1n) is 7.61. The van der Waals surface area contributed by atoms with E-state index in [0.29, 0.717) is 12.6 Å². The second-order valence-corrected chi connectivity index (χ2v) is 5.30. The van der Waals surface area contributed by atoms with E-state index in [0.717, 1.165) is 43.7 Å². The smallest absolute Gasteiger partial charge is 0.239 e. The van der Waals surface area contributed by atoms with E-state index in [2.05, 4.69) is 41.5 Å². The Bertz CT molecular complexity index is 443. The molecule has 2 rings (SSSR count). The maximum Gasteiger partial charge on any atom is 0.239 e. The van der Waals surface area contributed by atoms with Gasteiger partial charge in [-0.2, -0.15) is 0 Å². The Morgan fingerprint density at radius 1 is 1.35 bits per heavy atom. The standard InChI is InChI=1S/C16H25N3O/c1-3-13(4-2)18-16(20)12-19-11-7-10-17-14-8-5-6-9-15(14)19/h5-6,8-9,13,17H,3-4,7,10-12H2,1-2H3,(H,18,20). The number of amides is 1. The Morgan fingerprint density at radius 3 is 2.85 bits per heavy atom. The van der Waals surface area contributed by atoms with E-state index < -0.39 is 0 Å². The number of nitrogens with one attached hydrogen (secondary N) is 2. The van der Waals surface area contributed by atoms with E-state index in [1.165, 1.54) is 0 Å². The molecule has 1 amide bonds. The van der Waals surface area contributed by atoms with Gasteiger partial charge in [-0.05, 0) is 31.4 Å². The van der Waals surface area contributed by atoms with E-state index in [9.17, 15) is 4.79 Å². The summed E-state index contributed by atoms with van der Waals surface area (Å²) in [5.74, 6) is 0.121. The molecule has 0 fully saturated rings. The van der Waals surface area contributed by atoms with Gasteiger partial charge in [0.1, 0.15) is 0 Å². The number of para-hydroxylation sites is 2. The van der Waals surface area contributed by atoms with Crippen LogP contribution in [0.3, 0.4) is 0 Å². The van der Waals surface area contributed by atoms with Crippen molar-refractivity contribution in [3.8, 4) is 0 Å². The molecule has 2 N–H and O–H groups in total. The largest absolute Gasteiger partial charge is 0.383 e. The second-order valence-electron chi connectivity index (χ2n) is 5.30. The molecule has 0 unspecified atom stereocenters. The molecular weight excluding hydrogens is 250 g/mol. The molecule has 0 bridgehead atoms. The zero-order valence-electron chi connectivity index (χ0n) is 12.5. The molecule has 0 saturated heterocycles. The Balaban J connectivity index is 2.03. The lowest BCUT2D eigenvalue weighted by Gasteiger charge is -2.25. The van der Waals surface area contributed by atoms with Gasteiger partial charge < -0.3 is 15.5 Å². The van der Waals surface area contributed by atoms with Gasteiger partial charge in [0, 0.05) is 19.1 Å². The summed E-state index contributed by atoms with van der Waals surface area (Å²) in [6.07, 6.45) is 3.02. The lowest BCUT2D eigenvalue weighted by molar-refractivity contribution is -0.120. The van der Waals surface area contributed by atoms with Crippen molar-refractivity contribution in [2.45, 2.75) is 39.2 Å². The number of benzene rings is 1. The molecule has 1 aliphatic heterocycles. The highest BCUT2D eigenvalue weighted by molar-refractivity contribution is 5.83. The first-order chi connectivity index (χ1) is 9.74. The molecule has 20 heavy (non-hydrogen) atoms. The molecule has 110 valence electrons. The lowest BCUT2D eigenvalue weighted by atomic mass is 10.1. The summed E-state index contributed by atoms with van der Waals surface area (Å²) in [6.45, 7) is 6.54. The van der Waals surface area contributed by atoms with Crippen LogP contribution in [-0.4, -0.2) is 31.6 Å². The van der Waals surface area contributed by atoms with Crippen molar-refractivity contribution in [1.29, 1.82) is 0 Å². The maximum atomic E-state index is 12.2.